The van der Waals surface area contributed by atoms with Gasteiger partial charge in [-0.1, -0.05) is 135 Å². The van der Waals surface area contributed by atoms with Gasteiger partial charge in [0.25, 0.3) is 0 Å². The van der Waals surface area contributed by atoms with Gasteiger partial charge in [-0.15, -0.1) is 0 Å². The van der Waals surface area contributed by atoms with Crippen molar-refractivity contribution in [1.82, 2.24) is 5.32 Å². The lowest BCUT2D eigenvalue weighted by molar-refractivity contribution is -0.298. The molecule has 8 heteroatoms. The van der Waals surface area contributed by atoms with Crippen LogP contribution in [0.5, 0.6) is 0 Å². The Hall–Kier alpha value is -0.740. The molecule has 6 atom stereocenters. The molecule has 1 aliphatic heterocycles. The molecule has 8 nitrogen and oxygen atoms in total. The number of nitrogens with one attached hydrogen (secondary N) is 1. The zero-order valence-corrected chi connectivity index (χ0v) is 26.1. The van der Waals surface area contributed by atoms with Gasteiger partial charge in [-0.2, -0.15) is 0 Å². The van der Waals surface area contributed by atoms with Crippen molar-refractivity contribution in [2.75, 3.05) is 19.8 Å². The van der Waals surface area contributed by atoms with E-state index in [-0.39, 0.29) is 13.2 Å². The van der Waals surface area contributed by atoms with Crippen LogP contribution in [-0.4, -0.2) is 82.1 Å². The van der Waals surface area contributed by atoms with E-state index < -0.39 is 43.4 Å². The van der Waals surface area contributed by atoms with Crippen molar-refractivity contribution < 1.29 is 35.0 Å². The van der Waals surface area contributed by atoms with E-state index in [4.69, 9.17) is 14.6 Å². The Morgan fingerprint density at radius 3 is 1.63 bits per heavy atom. The summed E-state index contributed by atoms with van der Waals surface area (Å²) in [7, 11) is 0. The summed E-state index contributed by atoms with van der Waals surface area (Å²) in [6, 6.07) is 0. The van der Waals surface area contributed by atoms with E-state index in [9.17, 15) is 20.4 Å². The van der Waals surface area contributed by atoms with E-state index >= 15 is 0 Å². The Bertz CT molecular complexity index is 594. The second kappa shape index (κ2) is 26.9. The standard InChI is InChI=1S/C33H65NO7/c1-2-3-4-5-6-7-8-9-10-11-12-13-14-15-16-17-18-19-20-21-22-23-24-34-25-28(36)27-40-32-31(38)30(37)29(26-35)41-33(32)39/h23-24,28-39H,2-22,25-27H2,1H3/b24-23+/t28?,29-,30+,31+,32-,33-/m1/s1. The van der Waals surface area contributed by atoms with E-state index in [1.165, 1.54) is 122 Å². The monoisotopic (exact) mass is 587 g/mol. The van der Waals surface area contributed by atoms with Crippen molar-refractivity contribution in [3.8, 4) is 0 Å². The van der Waals surface area contributed by atoms with Gasteiger partial charge in [0.05, 0.1) is 19.3 Å². The van der Waals surface area contributed by atoms with Crippen molar-refractivity contribution in [2.45, 2.75) is 179 Å². The van der Waals surface area contributed by atoms with Crippen LogP contribution in [0.1, 0.15) is 142 Å². The Kier molecular flexibility index (Phi) is 25.1. The molecule has 0 aliphatic carbocycles. The highest BCUT2D eigenvalue weighted by atomic mass is 16.7. The third-order valence-corrected chi connectivity index (χ3v) is 8.14. The summed E-state index contributed by atoms with van der Waals surface area (Å²) >= 11 is 0. The summed E-state index contributed by atoms with van der Waals surface area (Å²) in [5, 5.41) is 52.0. The van der Waals surface area contributed by atoms with Crippen molar-refractivity contribution in [1.29, 1.82) is 0 Å². The molecule has 1 rings (SSSR count). The fraction of sp³-hybridized carbons (Fsp3) is 0.939. The normalized spacial score (nSPS) is 23.8. The molecule has 1 saturated heterocycles. The van der Waals surface area contributed by atoms with Crippen LogP contribution < -0.4 is 5.32 Å². The fourth-order valence-corrected chi connectivity index (χ4v) is 5.42. The molecule has 0 aromatic heterocycles. The van der Waals surface area contributed by atoms with E-state index in [0.29, 0.717) is 0 Å². The minimum atomic E-state index is -1.49. The first-order valence-electron chi connectivity index (χ1n) is 17.0. The van der Waals surface area contributed by atoms with Crippen LogP contribution in [0, 0.1) is 0 Å². The van der Waals surface area contributed by atoms with E-state index in [1.807, 2.05) is 6.20 Å². The smallest absolute Gasteiger partial charge is 0.184 e. The van der Waals surface area contributed by atoms with Crippen LogP contribution >= 0.6 is 0 Å². The number of allylic oxidation sites excluding steroid dienone is 1. The molecule has 0 bridgehead atoms. The topological polar surface area (TPSA) is 132 Å². The van der Waals surface area contributed by atoms with Gasteiger partial charge in [0, 0.05) is 6.54 Å². The molecule has 0 aromatic carbocycles. The molecule has 244 valence electrons. The first-order valence-corrected chi connectivity index (χ1v) is 17.0. The molecule has 0 radical (unpaired) electrons. The molecule has 1 unspecified atom stereocenters. The highest BCUT2D eigenvalue weighted by Gasteiger charge is 2.44. The number of aliphatic hydroxyl groups is 5. The maximum atomic E-state index is 10.1. The molecule has 0 saturated carbocycles. The number of hydrogen-bond acceptors (Lipinski definition) is 8. The van der Waals surface area contributed by atoms with Crippen molar-refractivity contribution in [3.05, 3.63) is 12.3 Å². The molecular weight excluding hydrogens is 522 g/mol. The lowest BCUT2D eigenvalue weighted by atomic mass is 9.99. The summed E-state index contributed by atoms with van der Waals surface area (Å²) in [5.74, 6) is 0. The first kappa shape index (κ1) is 38.3. The number of unbranched alkanes of at least 4 members (excludes halogenated alkanes) is 20. The Morgan fingerprint density at radius 1 is 0.707 bits per heavy atom. The summed E-state index contributed by atoms with van der Waals surface area (Å²) in [6.45, 7) is 1.88. The van der Waals surface area contributed by atoms with Crippen LogP contribution in [0.25, 0.3) is 0 Å². The second-order valence-electron chi connectivity index (χ2n) is 12.0. The van der Waals surface area contributed by atoms with Crippen molar-refractivity contribution >= 4 is 0 Å². The Morgan fingerprint density at radius 2 is 1.17 bits per heavy atom. The second-order valence-corrected chi connectivity index (χ2v) is 12.0. The fourth-order valence-electron chi connectivity index (χ4n) is 5.42. The first-order chi connectivity index (χ1) is 20.0. The van der Waals surface area contributed by atoms with Crippen LogP contribution in [0.2, 0.25) is 0 Å². The maximum Gasteiger partial charge on any atom is 0.184 e. The maximum absolute atomic E-state index is 10.1. The number of rotatable bonds is 28. The van der Waals surface area contributed by atoms with Crippen molar-refractivity contribution in [3.63, 3.8) is 0 Å². The van der Waals surface area contributed by atoms with Crippen molar-refractivity contribution in [2.24, 2.45) is 0 Å². The third kappa shape index (κ3) is 20.0. The average molecular weight is 588 g/mol. The highest BCUT2D eigenvalue weighted by Crippen LogP contribution is 2.22. The predicted octanol–water partition coefficient (Wildman–Crippen LogP) is 5.48. The molecule has 1 aliphatic rings. The minimum Gasteiger partial charge on any atom is -0.394 e. The van der Waals surface area contributed by atoms with Gasteiger partial charge in [-0.25, -0.2) is 0 Å². The lowest BCUT2D eigenvalue weighted by Crippen LogP contribution is -2.59. The van der Waals surface area contributed by atoms with E-state index in [1.54, 1.807) is 0 Å². The molecule has 41 heavy (non-hydrogen) atoms. The summed E-state index contributed by atoms with van der Waals surface area (Å²) in [5.41, 5.74) is 0. The van der Waals surface area contributed by atoms with Crippen LogP contribution in [0.15, 0.2) is 12.3 Å². The number of ether oxygens (including phenoxy) is 2. The molecular formula is C33H65NO7. The molecule has 0 amide bonds. The zero-order valence-electron chi connectivity index (χ0n) is 26.1. The Labute approximate surface area is 250 Å². The Balaban J connectivity index is 1.82. The van der Waals surface area contributed by atoms with Gasteiger partial charge in [0.15, 0.2) is 6.29 Å². The summed E-state index contributed by atoms with van der Waals surface area (Å²) < 4.78 is 10.4. The van der Waals surface area contributed by atoms with Gasteiger partial charge < -0.3 is 40.3 Å². The highest BCUT2D eigenvalue weighted by molar-refractivity contribution is 4.89. The third-order valence-electron chi connectivity index (χ3n) is 8.14. The molecule has 1 fully saturated rings. The minimum absolute atomic E-state index is 0.140. The zero-order chi connectivity index (χ0) is 30.0. The van der Waals surface area contributed by atoms with E-state index in [2.05, 4.69) is 18.3 Å². The van der Waals surface area contributed by atoms with E-state index in [0.717, 1.165) is 12.8 Å². The molecule has 0 aromatic rings. The lowest BCUT2D eigenvalue weighted by Gasteiger charge is -2.40. The summed E-state index contributed by atoms with van der Waals surface area (Å²) in [4.78, 5) is 0. The van der Waals surface area contributed by atoms with Gasteiger partial charge in [-0.05, 0) is 19.0 Å². The summed E-state index contributed by atoms with van der Waals surface area (Å²) in [6.07, 6.45) is 25.2. The molecule has 0 spiro atoms. The number of hydrogen-bond donors (Lipinski definition) is 6. The largest absolute Gasteiger partial charge is 0.394 e. The predicted molar refractivity (Wildman–Crippen MR) is 165 cm³/mol. The molecule has 6 N–H and O–H groups in total. The van der Waals surface area contributed by atoms with Gasteiger partial charge in [-0.3, -0.25) is 0 Å². The number of aliphatic hydroxyl groups excluding tert-OH is 5. The van der Waals surface area contributed by atoms with Gasteiger partial charge in [0.2, 0.25) is 0 Å². The molecule has 1 heterocycles. The average Bonchev–Trinajstić information content (AvgIpc) is 2.97. The quantitative estimate of drug-likeness (QED) is 0.0664. The van der Waals surface area contributed by atoms with Gasteiger partial charge in [0.1, 0.15) is 24.4 Å². The van der Waals surface area contributed by atoms with Crippen LogP contribution in [0.3, 0.4) is 0 Å². The van der Waals surface area contributed by atoms with Crippen LogP contribution in [-0.2, 0) is 9.47 Å². The van der Waals surface area contributed by atoms with Gasteiger partial charge >= 0.3 is 0 Å². The SMILES string of the molecule is CCCCCCCCCCCCCCCCCCCCCC/C=C/NCC(O)CO[C@@H]1[C@@H](O)[C@@H](O)[C@@H](CO)O[C@H]1O. The van der Waals surface area contributed by atoms with Crippen LogP contribution in [0.4, 0.5) is 0 Å².